The van der Waals surface area contributed by atoms with Crippen LogP contribution in [-0.4, -0.2) is 32.4 Å². The molecular weight excluding hydrogens is 232 g/mol. The first-order valence-corrected chi connectivity index (χ1v) is 5.68. The molecule has 6 heteroatoms. The van der Waals surface area contributed by atoms with E-state index in [4.69, 9.17) is 5.11 Å². The molecule has 2 aromatic rings. The number of hydrogen-bond donors (Lipinski definition) is 2. The summed E-state index contributed by atoms with van der Waals surface area (Å²) in [5.74, 6) is -0.0824. The van der Waals surface area contributed by atoms with Crippen molar-refractivity contribution in [1.82, 2.24) is 14.8 Å². The van der Waals surface area contributed by atoms with Crippen molar-refractivity contribution in [3.63, 3.8) is 0 Å². The molecule has 0 bridgehead atoms. The van der Waals surface area contributed by atoms with Gasteiger partial charge < -0.3 is 10.4 Å². The van der Waals surface area contributed by atoms with Gasteiger partial charge in [0, 0.05) is 24.9 Å². The minimum atomic E-state index is -0.953. The van der Waals surface area contributed by atoms with Crippen LogP contribution in [0, 0.1) is 0 Å². The Kier molecular flexibility index (Phi) is 2.47. The SMILES string of the molecule is O=C(O)c1cnn2c1NCC(c1ccncc1)C2. The van der Waals surface area contributed by atoms with E-state index in [2.05, 4.69) is 15.4 Å². The molecule has 3 heterocycles. The second-order valence-corrected chi connectivity index (χ2v) is 4.25. The fraction of sp³-hybridized carbons (Fsp3) is 0.250. The van der Waals surface area contributed by atoms with Gasteiger partial charge in [-0.15, -0.1) is 0 Å². The van der Waals surface area contributed by atoms with Crippen LogP contribution in [0.25, 0.3) is 0 Å². The number of fused-ring (bicyclic) bond motifs is 1. The normalized spacial score (nSPS) is 17.9. The average molecular weight is 244 g/mol. The highest BCUT2D eigenvalue weighted by atomic mass is 16.4. The molecule has 1 atom stereocenters. The standard InChI is InChI=1S/C12H12N4O2/c17-12(18)10-6-15-16-7-9(5-14-11(10)16)8-1-3-13-4-2-8/h1-4,6,9,14H,5,7H2,(H,17,18). The number of pyridine rings is 1. The van der Waals surface area contributed by atoms with E-state index >= 15 is 0 Å². The Labute approximate surface area is 103 Å². The maximum Gasteiger partial charge on any atom is 0.341 e. The predicted molar refractivity (Wildman–Crippen MR) is 64.7 cm³/mol. The summed E-state index contributed by atoms with van der Waals surface area (Å²) in [6.45, 7) is 1.38. The van der Waals surface area contributed by atoms with Gasteiger partial charge in [-0.3, -0.25) is 4.98 Å². The topological polar surface area (TPSA) is 80.0 Å². The Morgan fingerprint density at radius 1 is 1.44 bits per heavy atom. The fourth-order valence-electron chi connectivity index (χ4n) is 2.22. The number of aromatic carboxylic acids is 1. The molecular formula is C12H12N4O2. The number of anilines is 1. The van der Waals surface area contributed by atoms with Crippen LogP contribution >= 0.6 is 0 Å². The number of carbonyl (C=O) groups is 1. The summed E-state index contributed by atoms with van der Waals surface area (Å²) in [6, 6.07) is 3.94. The zero-order chi connectivity index (χ0) is 12.5. The lowest BCUT2D eigenvalue weighted by Gasteiger charge is -2.25. The molecule has 92 valence electrons. The van der Waals surface area contributed by atoms with Crippen LogP contribution in [0.3, 0.4) is 0 Å². The lowest BCUT2D eigenvalue weighted by Crippen LogP contribution is -2.27. The van der Waals surface area contributed by atoms with E-state index in [9.17, 15) is 4.79 Å². The summed E-state index contributed by atoms with van der Waals surface area (Å²) in [5.41, 5.74) is 1.40. The third kappa shape index (κ3) is 1.71. The molecule has 6 nitrogen and oxygen atoms in total. The van der Waals surface area contributed by atoms with Gasteiger partial charge >= 0.3 is 5.97 Å². The molecule has 0 radical (unpaired) electrons. The number of carboxylic acids is 1. The van der Waals surface area contributed by atoms with Crippen molar-refractivity contribution in [2.24, 2.45) is 0 Å². The lowest BCUT2D eigenvalue weighted by molar-refractivity contribution is 0.0697. The van der Waals surface area contributed by atoms with Gasteiger partial charge in [0.2, 0.25) is 0 Å². The van der Waals surface area contributed by atoms with E-state index in [0.29, 0.717) is 18.9 Å². The van der Waals surface area contributed by atoms with Gasteiger partial charge in [0.05, 0.1) is 12.7 Å². The molecule has 1 aliphatic rings. The largest absolute Gasteiger partial charge is 0.477 e. The highest BCUT2D eigenvalue weighted by molar-refractivity contribution is 5.93. The number of carboxylic acid groups (broad SMARTS) is 1. The number of nitrogens with one attached hydrogen (secondary N) is 1. The molecule has 0 aromatic carbocycles. The average Bonchev–Trinajstić information content (AvgIpc) is 2.82. The summed E-state index contributed by atoms with van der Waals surface area (Å²) in [4.78, 5) is 15.0. The summed E-state index contributed by atoms with van der Waals surface area (Å²) in [5, 5.41) is 16.3. The van der Waals surface area contributed by atoms with Gasteiger partial charge in [-0.25, -0.2) is 9.48 Å². The van der Waals surface area contributed by atoms with E-state index in [1.54, 1.807) is 17.1 Å². The lowest BCUT2D eigenvalue weighted by atomic mass is 9.99. The summed E-state index contributed by atoms with van der Waals surface area (Å²) in [6.07, 6.45) is 4.91. The van der Waals surface area contributed by atoms with Crippen molar-refractivity contribution < 1.29 is 9.90 Å². The van der Waals surface area contributed by atoms with Crippen molar-refractivity contribution in [3.05, 3.63) is 41.9 Å². The Balaban J connectivity index is 1.89. The van der Waals surface area contributed by atoms with E-state index in [1.807, 2.05) is 12.1 Å². The Hall–Kier alpha value is -2.37. The second-order valence-electron chi connectivity index (χ2n) is 4.25. The second kappa shape index (κ2) is 4.14. The first-order valence-electron chi connectivity index (χ1n) is 5.68. The number of nitrogens with zero attached hydrogens (tertiary/aromatic N) is 3. The van der Waals surface area contributed by atoms with Gasteiger partial charge in [-0.1, -0.05) is 0 Å². The van der Waals surface area contributed by atoms with Gasteiger partial charge in [0.25, 0.3) is 0 Å². The van der Waals surface area contributed by atoms with Gasteiger partial charge in [-0.2, -0.15) is 5.10 Å². The fourth-order valence-corrected chi connectivity index (χ4v) is 2.22. The molecule has 1 unspecified atom stereocenters. The van der Waals surface area contributed by atoms with E-state index < -0.39 is 5.97 Å². The number of hydrogen-bond acceptors (Lipinski definition) is 4. The highest BCUT2D eigenvalue weighted by Gasteiger charge is 2.24. The predicted octanol–water partition coefficient (Wildman–Crippen LogP) is 1.19. The summed E-state index contributed by atoms with van der Waals surface area (Å²) < 4.78 is 1.71. The molecule has 3 rings (SSSR count). The van der Waals surface area contributed by atoms with Crippen LogP contribution in [0.5, 0.6) is 0 Å². The third-order valence-electron chi connectivity index (χ3n) is 3.16. The van der Waals surface area contributed by atoms with Gasteiger partial charge in [0.1, 0.15) is 11.4 Å². The molecule has 2 N–H and O–H groups in total. The van der Waals surface area contributed by atoms with Gasteiger partial charge in [0.15, 0.2) is 0 Å². The molecule has 0 saturated heterocycles. The van der Waals surface area contributed by atoms with E-state index in [0.717, 1.165) is 0 Å². The summed E-state index contributed by atoms with van der Waals surface area (Å²) >= 11 is 0. The molecule has 18 heavy (non-hydrogen) atoms. The minimum absolute atomic E-state index is 0.225. The molecule has 0 aliphatic carbocycles. The van der Waals surface area contributed by atoms with Crippen LogP contribution in [0.1, 0.15) is 21.8 Å². The number of aromatic nitrogens is 3. The molecule has 1 aliphatic heterocycles. The zero-order valence-electron chi connectivity index (χ0n) is 9.58. The molecule has 0 amide bonds. The first kappa shape index (κ1) is 10.8. The minimum Gasteiger partial charge on any atom is -0.477 e. The van der Waals surface area contributed by atoms with Crippen LogP contribution in [0.2, 0.25) is 0 Å². The van der Waals surface area contributed by atoms with E-state index in [1.165, 1.54) is 11.8 Å². The van der Waals surface area contributed by atoms with Crippen LogP contribution in [0.4, 0.5) is 5.82 Å². The first-order chi connectivity index (χ1) is 8.75. The van der Waals surface area contributed by atoms with Crippen molar-refractivity contribution in [2.45, 2.75) is 12.5 Å². The molecule has 2 aromatic heterocycles. The molecule has 0 saturated carbocycles. The maximum atomic E-state index is 11.0. The van der Waals surface area contributed by atoms with Crippen molar-refractivity contribution in [3.8, 4) is 0 Å². The van der Waals surface area contributed by atoms with Crippen molar-refractivity contribution in [1.29, 1.82) is 0 Å². The quantitative estimate of drug-likeness (QED) is 0.829. The Morgan fingerprint density at radius 3 is 2.94 bits per heavy atom. The van der Waals surface area contributed by atoms with Crippen molar-refractivity contribution in [2.75, 3.05) is 11.9 Å². The van der Waals surface area contributed by atoms with Crippen LogP contribution < -0.4 is 5.32 Å². The Bertz CT molecular complexity index is 579. The zero-order valence-corrected chi connectivity index (χ0v) is 9.58. The monoisotopic (exact) mass is 244 g/mol. The van der Waals surface area contributed by atoms with Crippen LogP contribution in [0.15, 0.2) is 30.7 Å². The molecule has 0 fully saturated rings. The smallest absolute Gasteiger partial charge is 0.341 e. The maximum absolute atomic E-state index is 11.0. The third-order valence-corrected chi connectivity index (χ3v) is 3.16. The number of rotatable bonds is 2. The van der Waals surface area contributed by atoms with E-state index in [-0.39, 0.29) is 11.5 Å². The summed E-state index contributed by atoms with van der Waals surface area (Å²) in [7, 11) is 0. The van der Waals surface area contributed by atoms with Crippen LogP contribution in [-0.2, 0) is 6.54 Å². The van der Waals surface area contributed by atoms with Crippen molar-refractivity contribution >= 4 is 11.8 Å². The Morgan fingerprint density at radius 2 is 2.22 bits per heavy atom. The highest BCUT2D eigenvalue weighted by Crippen LogP contribution is 2.27. The van der Waals surface area contributed by atoms with Gasteiger partial charge in [-0.05, 0) is 17.7 Å². The molecule has 0 spiro atoms.